The highest BCUT2D eigenvalue weighted by Crippen LogP contribution is 2.34. The van der Waals surface area contributed by atoms with Crippen LogP contribution in [0, 0.1) is 6.92 Å². The Balaban J connectivity index is 2.34. The molecule has 0 bridgehead atoms. The number of nitrogens with zero attached hydrogens (tertiary/aromatic N) is 1. The van der Waals surface area contributed by atoms with Crippen molar-refractivity contribution in [1.29, 1.82) is 0 Å². The van der Waals surface area contributed by atoms with Gasteiger partial charge in [0, 0.05) is 12.1 Å². The molecule has 1 aromatic rings. The average Bonchev–Trinajstić information content (AvgIpc) is 2.49. The first-order chi connectivity index (χ1) is 9.69. The Kier molecular flexibility index (Phi) is 5.62. The van der Waals surface area contributed by atoms with E-state index in [9.17, 15) is 0 Å². The summed E-state index contributed by atoms with van der Waals surface area (Å²) in [4.78, 5) is 2.69. The van der Waals surface area contributed by atoms with Gasteiger partial charge in [0.25, 0.3) is 0 Å². The fraction of sp³-hybridized carbons (Fsp3) is 0.667. The van der Waals surface area contributed by atoms with Crippen molar-refractivity contribution in [3.63, 3.8) is 0 Å². The maximum Gasteiger partial charge on any atom is 0.0504 e. The van der Waals surface area contributed by atoms with Crippen LogP contribution in [0.2, 0.25) is 0 Å². The van der Waals surface area contributed by atoms with Crippen molar-refractivity contribution in [2.45, 2.75) is 71.0 Å². The Morgan fingerprint density at radius 3 is 2.65 bits per heavy atom. The van der Waals surface area contributed by atoms with Crippen LogP contribution in [-0.4, -0.2) is 23.5 Å². The van der Waals surface area contributed by atoms with Gasteiger partial charge in [0.15, 0.2) is 0 Å². The van der Waals surface area contributed by atoms with Gasteiger partial charge in [0.1, 0.15) is 0 Å². The minimum atomic E-state index is 0.225. The molecule has 3 atom stereocenters. The highest BCUT2D eigenvalue weighted by molar-refractivity contribution is 5.30. The lowest BCUT2D eigenvalue weighted by Crippen LogP contribution is -2.48. The molecular formula is C18H30N2. The Bertz CT molecular complexity index is 416. The Morgan fingerprint density at radius 1 is 1.25 bits per heavy atom. The van der Waals surface area contributed by atoms with E-state index in [4.69, 9.17) is 5.73 Å². The summed E-state index contributed by atoms with van der Waals surface area (Å²) in [6.07, 6.45) is 6.28. The number of hydrogen-bond acceptors (Lipinski definition) is 2. The molecule has 20 heavy (non-hydrogen) atoms. The number of piperidine rings is 1. The Morgan fingerprint density at radius 2 is 2.00 bits per heavy atom. The zero-order valence-electron chi connectivity index (χ0n) is 13.3. The van der Waals surface area contributed by atoms with Crippen molar-refractivity contribution in [3.05, 3.63) is 35.4 Å². The zero-order chi connectivity index (χ0) is 14.5. The van der Waals surface area contributed by atoms with Crippen LogP contribution in [-0.2, 0) is 0 Å². The molecule has 1 heterocycles. The van der Waals surface area contributed by atoms with E-state index < -0.39 is 0 Å². The van der Waals surface area contributed by atoms with Crippen LogP contribution in [0.1, 0.15) is 63.1 Å². The molecule has 0 radical (unpaired) electrons. The summed E-state index contributed by atoms with van der Waals surface area (Å²) in [6, 6.07) is 10.1. The third-order valence-corrected chi connectivity index (χ3v) is 4.89. The van der Waals surface area contributed by atoms with Crippen molar-refractivity contribution < 1.29 is 0 Å². The van der Waals surface area contributed by atoms with Gasteiger partial charge in [-0.25, -0.2) is 0 Å². The monoisotopic (exact) mass is 274 g/mol. The maximum atomic E-state index is 6.52. The summed E-state index contributed by atoms with van der Waals surface area (Å²) in [5.74, 6) is 0. The summed E-state index contributed by atoms with van der Waals surface area (Å²) in [5.41, 5.74) is 9.33. The summed E-state index contributed by atoms with van der Waals surface area (Å²) < 4.78 is 0. The van der Waals surface area contributed by atoms with E-state index >= 15 is 0 Å². The van der Waals surface area contributed by atoms with Gasteiger partial charge in [-0.1, -0.05) is 44.5 Å². The zero-order valence-corrected chi connectivity index (χ0v) is 13.3. The molecule has 2 nitrogen and oxygen atoms in total. The molecule has 0 amide bonds. The number of benzene rings is 1. The van der Waals surface area contributed by atoms with Crippen LogP contribution in [0.5, 0.6) is 0 Å². The van der Waals surface area contributed by atoms with Crippen molar-refractivity contribution >= 4 is 0 Å². The second-order valence-corrected chi connectivity index (χ2v) is 6.17. The third kappa shape index (κ3) is 3.24. The normalized spacial score (nSPS) is 23.5. The number of hydrogen-bond donors (Lipinski definition) is 1. The van der Waals surface area contributed by atoms with Crippen LogP contribution in [0.3, 0.4) is 0 Å². The van der Waals surface area contributed by atoms with Gasteiger partial charge in [0.05, 0.1) is 6.04 Å². The quantitative estimate of drug-likeness (QED) is 0.878. The van der Waals surface area contributed by atoms with Gasteiger partial charge < -0.3 is 5.73 Å². The van der Waals surface area contributed by atoms with E-state index in [1.165, 1.54) is 43.4 Å². The van der Waals surface area contributed by atoms with Crippen molar-refractivity contribution in [1.82, 2.24) is 4.90 Å². The van der Waals surface area contributed by atoms with Crippen LogP contribution in [0.4, 0.5) is 0 Å². The largest absolute Gasteiger partial charge is 0.326 e. The fourth-order valence-electron chi connectivity index (χ4n) is 3.62. The van der Waals surface area contributed by atoms with Gasteiger partial charge in [-0.2, -0.15) is 0 Å². The molecule has 0 saturated carbocycles. The van der Waals surface area contributed by atoms with E-state index in [-0.39, 0.29) is 6.04 Å². The summed E-state index contributed by atoms with van der Waals surface area (Å²) in [7, 11) is 0. The van der Waals surface area contributed by atoms with Gasteiger partial charge in [-0.05, 0) is 50.3 Å². The smallest absolute Gasteiger partial charge is 0.0504 e. The molecule has 0 aliphatic carbocycles. The first-order valence-electron chi connectivity index (χ1n) is 8.25. The summed E-state index contributed by atoms with van der Waals surface area (Å²) in [5, 5.41) is 0. The second kappa shape index (κ2) is 7.24. The minimum Gasteiger partial charge on any atom is -0.326 e. The van der Waals surface area contributed by atoms with Crippen molar-refractivity contribution in [2.75, 3.05) is 6.54 Å². The molecule has 1 saturated heterocycles. The predicted molar refractivity (Wildman–Crippen MR) is 86.8 cm³/mol. The Hall–Kier alpha value is -0.860. The molecule has 1 aliphatic heterocycles. The van der Waals surface area contributed by atoms with Crippen LogP contribution in [0.25, 0.3) is 0 Å². The molecule has 2 heteroatoms. The van der Waals surface area contributed by atoms with Gasteiger partial charge in [-0.3, -0.25) is 4.90 Å². The minimum absolute atomic E-state index is 0.225. The highest BCUT2D eigenvalue weighted by atomic mass is 15.2. The first kappa shape index (κ1) is 15.5. The molecule has 1 fully saturated rings. The van der Waals surface area contributed by atoms with Gasteiger partial charge in [-0.15, -0.1) is 0 Å². The second-order valence-electron chi connectivity index (χ2n) is 6.17. The first-order valence-corrected chi connectivity index (χ1v) is 8.25. The van der Waals surface area contributed by atoms with E-state index in [2.05, 4.69) is 49.9 Å². The lowest BCUT2D eigenvalue weighted by atomic mass is 9.88. The lowest BCUT2D eigenvalue weighted by molar-refractivity contribution is 0.0754. The van der Waals surface area contributed by atoms with Gasteiger partial charge >= 0.3 is 0 Å². The van der Waals surface area contributed by atoms with Gasteiger partial charge in [0.2, 0.25) is 0 Å². The maximum absolute atomic E-state index is 6.52. The van der Waals surface area contributed by atoms with Crippen LogP contribution < -0.4 is 5.73 Å². The van der Waals surface area contributed by atoms with Crippen molar-refractivity contribution in [2.24, 2.45) is 5.73 Å². The number of likely N-dealkylation sites (tertiary alicyclic amines) is 1. The van der Waals surface area contributed by atoms with Crippen LogP contribution >= 0.6 is 0 Å². The number of nitrogens with two attached hydrogens (primary N) is 1. The molecule has 1 aromatic carbocycles. The van der Waals surface area contributed by atoms with E-state index in [1.807, 2.05) is 0 Å². The number of rotatable bonds is 5. The molecule has 3 unspecified atom stereocenters. The fourth-order valence-corrected chi connectivity index (χ4v) is 3.62. The molecule has 0 aromatic heterocycles. The average molecular weight is 274 g/mol. The standard InChI is InChI=1S/C18H30N2/c1-4-15-11-8-9-13-20(15)18(17(19)5-2)16-12-7-6-10-14(16)3/h6-7,10,12,15,17-18H,4-5,8-9,11,13,19H2,1-3H3. The number of aryl methyl sites for hydroxylation is 1. The van der Waals surface area contributed by atoms with E-state index in [0.717, 1.165) is 6.42 Å². The van der Waals surface area contributed by atoms with Crippen LogP contribution in [0.15, 0.2) is 24.3 Å². The molecular weight excluding hydrogens is 244 g/mol. The summed E-state index contributed by atoms with van der Waals surface area (Å²) in [6.45, 7) is 7.94. The third-order valence-electron chi connectivity index (χ3n) is 4.89. The lowest BCUT2D eigenvalue weighted by Gasteiger charge is -2.44. The Labute approximate surface area is 124 Å². The molecule has 112 valence electrons. The predicted octanol–water partition coefficient (Wildman–Crippen LogP) is 4.04. The topological polar surface area (TPSA) is 29.3 Å². The van der Waals surface area contributed by atoms with E-state index in [0.29, 0.717) is 12.1 Å². The molecule has 2 rings (SSSR count). The molecule has 2 N–H and O–H groups in total. The molecule has 0 spiro atoms. The van der Waals surface area contributed by atoms with Crippen molar-refractivity contribution in [3.8, 4) is 0 Å². The van der Waals surface area contributed by atoms with E-state index in [1.54, 1.807) is 0 Å². The SMILES string of the molecule is CCC(N)C(c1ccccc1C)N1CCCCC1CC. The highest BCUT2D eigenvalue weighted by Gasteiger charge is 2.32. The summed E-state index contributed by atoms with van der Waals surface area (Å²) >= 11 is 0. The molecule has 1 aliphatic rings.